The molecule has 0 radical (unpaired) electrons. The number of aliphatic carboxylic acids is 1. The summed E-state index contributed by atoms with van der Waals surface area (Å²) in [6, 6.07) is 13.7. The first kappa shape index (κ1) is 20.6. The fourth-order valence-corrected chi connectivity index (χ4v) is 2.72. The van der Waals surface area contributed by atoms with Crippen molar-refractivity contribution in [3.05, 3.63) is 65.2 Å². The number of rotatable bonds is 8. The monoisotopic (exact) mass is 368 g/mol. The number of ether oxygens (including phenoxy) is 2. The van der Waals surface area contributed by atoms with Crippen LogP contribution in [0.3, 0.4) is 0 Å². The van der Waals surface area contributed by atoms with Gasteiger partial charge in [0.05, 0.1) is 0 Å². The molecule has 0 aromatic heterocycles. The average Bonchev–Trinajstić information content (AvgIpc) is 2.63. The molecule has 0 aliphatic carbocycles. The Bertz CT molecular complexity index is 800. The lowest BCUT2D eigenvalue weighted by atomic mass is 9.85. The maximum absolute atomic E-state index is 10.7. The number of carbonyl (C=O) groups is 1. The van der Waals surface area contributed by atoms with Gasteiger partial charge in [-0.05, 0) is 41.2 Å². The molecule has 0 amide bonds. The van der Waals surface area contributed by atoms with E-state index in [0.717, 1.165) is 23.8 Å². The van der Waals surface area contributed by atoms with Crippen molar-refractivity contribution in [3.63, 3.8) is 0 Å². The summed E-state index contributed by atoms with van der Waals surface area (Å²) in [7, 11) is 0. The number of hydrogen-bond acceptors (Lipinski definition) is 3. The number of hydrogen-bond donors (Lipinski definition) is 1. The Hall–Kier alpha value is -2.75. The molecule has 4 heteroatoms. The Morgan fingerprint density at radius 2 is 1.70 bits per heavy atom. The number of carboxylic acids is 1. The van der Waals surface area contributed by atoms with Gasteiger partial charge in [0, 0.05) is 11.6 Å². The van der Waals surface area contributed by atoms with Gasteiger partial charge in [0.1, 0.15) is 24.7 Å². The van der Waals surface area contributed by atoms with Crippen molar-refractivity contribution in [2.75, 3.05) is 13.2 Å². The Labute approximate surface area is 161 Å². The lowest BCUT2D eigenvalue weighted by Gasteiger charge is -2.23. The van der Waals surface area contributed by atoms with Gasteiger partial charge in [-0.15, -0.1) is 0 Å². The van der Waals surface area contributed by atoms with E-state index in [-0.39, 0.29) is 5.41 Å². The molecule has 0 bridgehead atoms. The number of aryl methyl sites for hydroxylation is 1. The van der Waals surface area contributed by atoms with Gasteiger partial charge in [0.15, 0.2) is 0 Å². The van der Waals surface area contributed by atoms with Gasteiger partial charge in [0.25, 0.3) is 0 Å². The van der Waals surface area contributed by atoms with E-state index in [0.29, 0.717) is 19.0 Å². The molecule has 144 valence electrons. The topological polar surface area (TPSA) is 55.8 Å². The summed E-state index contributed by atoms with van der Waals surface area (Å²) in [5.74, 6) is 0.525. The smallest absolute Gasteiger partial charge is 0.328 e. The molecule has 2 aromatic carbocycles. The normalized spacial score (nSPS) is 11.6. The van der Waals surface area contributed by atoms with Crippen molar-refractivity contribution in [2.45, 2.75) is 39.5 Å². The molecule has 2 rings (SSSR count). The van der Waals surface area contributed by atoms with Crippen LogP contribution in [0.15, 0.2) is 48.5 Å². The van der Waals surface area contributed by atoms with Gasteiger partial charge in [0.2, 0.25) is 0 Å². The second-order valence-electron chi connectivity index (χ2n) is 7.34. The van der Waals surface area contributed by atoms with Crippen LogP contribution in [0.25, 0.3) is 6.08 Å². The van der Waals surface area contributed by atoms with Crippen LogP contribution in [-0.4, -0.2) is 24.3 Å². The van der Waals surface area contributed by atoms with Gasteiger partial charge in [-0.25, -0.2) is 4.79 Å². The highest BCUT2D eigenvalue weighted by Crippen LogP contribution is 2.32. The molecule has 0 spiro atoms. The SMILES string of the molecule is CCc1ccc(OCCOc2ccccc2C=CC(=O)O)c(C(C)(C)C)c1. The van der Waals surface area contributed by atoms with Crippen LogP contribution < -0.4 is 9.47 Å². The van der Waals surface area contributed by atoms with E-state index in [4.69, 9.17) is 14.6 Å². The van der Waals surface area contributed by atoms with Crippen molar-refractivity contribution < 1.29 is 19.4 Å². The van der Waals surface area contributed by atoms with E-state index in [1.54, 1.807) is 0 Å². The molecule has 0 fully saturated rings. The van der Waals surface area contributed by atoms with E-state index in [2.05, 4.69) is 39.8 Å². The van der Waals surface area contributed by atoms with E-state index in [1.165, 1.54) is 17.2 Å². The molecule has 0 atom stereocenters. The lowest BCUT2D eigenvalue weighted by molar-refractivity contribution is -0.131. The molecule has 0 unspecified atom stereocenters. The summed E-state index contributed by atoms with van der Waals surface area (Å²) < 4.78 is 11.8. The van der Waals surface area contributed by atoms with Crippen molar-refractivity contribution in [1.29, 1.82) is 0 Å². The molecular formula is C23H28O4. The van der Waals surface area contributed by atoms with Crippen LogP contribution in [0.1, 0.15) is 44.4 Å². The zero-order chi connectivity index (χ0) is 19.9. The first-order valence-corrected chi connectivity index (χ1v) is 9.20. The van der Waals surface area contributed by atoms with E-state index < -0.39 is 5.97 Å². The summed E-state index contributed by atoms with van der Waals surface area (Å²) in [5.41, 5.74) is 3.20. The number of para-hydroxylation sites is 1. The van der Waals surface area contributed by atoms with Crippen LogP contribution in [0, 0.1) is 0 Å². The predicted molar refractivity (Wildman–Crippen MR) is 109 cm³/mol. The van der Waals surface area contributed by atoms with Crippen LogP contribution in [0.4, 0.5) is 0 Å². The Morgan fingerprint density at radius 1 is 1.04 bits per heavy atom. The Morgan fingerprint density at radius 3 is 2.33 bits per heavy atom. The summed E-state index contributed by atoms with van der Waals surface area (Å²) in [5, 5.41) is 8.79. The minimum Gasteiger partial charge on any atom is -0.490 e. The predicted octanol–water partition coefficient (Wildman–Crippen LogP) is 5.10. The maximum atomic E-state index is 10.7. The van der Waals surface area contributed by atoms with E-state index in [1.807, 2.05) is 30.3 Å². The van der Waals surface area contributed by atoms with Gasteiger partial charge < -0.3 is 14.6 Å². The molecule has 1 N–H and O–H groups in total. The van der Waals surface area contributed by atoms with Crippen LogP contribution >= 0.6 is 0 Å². The van der Waals surface area contributed by atoms with Crippen LogP contribution in [-0.2, 0) is 16.6 Å². The van der Waals surface area contributed by atoms with Crippen molar-refractivity contribution in [1.82, 2.24) is 0 Å². The highest BCUT2D eigenvalue weighted by Gasteiger charge is 2.19. The van der Waals surface area contributed by atoms with Crippen LogP contribution in [0.5, 0.6) is 11.5 Å². The molecule has 0 saturated heterocycles. The molecule has 0 saturated carbocycles. The van der Waals surface area contributed by atoms with Crippen molar-refractivity contribution in [2.24, 2.45) is 0 Å². The third-order valence-electron chi connectivity index (χ3n) is 4.18. The van der Waals surface area contributed by atoms with Gasteiger partial charge in [-0.2, -0.15) is 0 Å². The third kappa shape index (κ3) is 6.17. The van der Waals surface area contributed by atoms with Crippen molar-refractivity contribution in [3.8, 4) is 11.5 Å². The molecule has 0 aliphatic rings. The molecule has 0 aliphatic heterocycles. The van der Waals surface area contributed by atoms with Crippen molar-refractivity contribution >= 4 is 12.0 Å². The Balaban J connectivity index is 2.01. The summed E-state index contributed by atoms with van der Waals surface area (Å²) in [4.78, 5) is 10.7. The first-order chi connectivity index (χ1) is 12.8. The third-order valence-corrected chi connectivity index (χ3v) is 4.18. The minimum absolute atomic E-state index is 0.00437. The second kappa shape index (κ2) is 9.26. The quantitative estimate of drug-likeness (QED) is 0.520. The molecule has 0 heterocycles. The lowest BCUT2D eigenvalue weighted by Crippen LogP contribution is -2.16. The van der Waals surface area contributed by atoms with Crippen LogP contribution in [0.2, 0.25) is 0 Å². The molecule has 27 heavy (non-hydrogen) atoms. The highest BCUT2D eigenvalue weighted by molar-refractivity contribution is 5.85. The van der Waals surface area contributed by atoms with Gasteiger partial charge >= 0.3 is 5.97 Å². The fourth-order valence-electron chi connectivity index (χ4n) is 2.72. The summed E-state index contributed by atoms with van der Waals surface area (Å²) in [6.07, 6.45) is 3.62. The molecule has 4 nitrogen and oxygen atoms in total. The molecular weight excluding hydrogens is 340 g/mol. The summed E-state index contributed by atoms with van der Waals surface area (Å²) in [6.45, 7) is 9.46. The first-order valence-electron chi connectivity index (χ1n) is 9.20. The zero-order valence-electron chi connectivity index (χ0n) is 16.5. The highest BCUT2D eigenvalue weighted by atomic mass is 16.5. The Kier molecular flexibility index (Phi) is 7.05. The number of carboxylic acid groups (broad SMARTS) is 1. The zero-order valence-corrected chi connectivity index (χ0v) is 16.5. The maximum Gasteiger partial charge on any atom is 0.328 e. The fraction of sp³-hybridized carbons (Fsp3) is 0.348. The standard InChI is InChI=1S/C23H28O4/c1-5-17-10-12-21(19(16-17)23(2,3)4)27-15-14-26-20-9-7-6-8-18(20)11-13-22(24)25/h6-13,16H,5,14-15H2,1-4H3,(H,24,25). The largest absolute Gasteiger partial charge is 0.490 e. The van der Waals surface area contributed by atoms with Gasteiger partial charge in [-0.3, -0.25) is 0 Å². The van der Waals surface area contributed by atoms with Gasteiger partial charge in [-0.1, -0.05) is 58.0 Å². The number of benzene rings is 2. The minimum atomic E-state index is -0.988. The van der Waals surface area contributed by atoms with E-state index in [9.17, 15) is 4.79 Å². The van der Waals surface area contributed by atoms with E-state index >= 15 is 0 Å². The second-order valence-corrected chi connectivity index (χ2v) is 7.34. The average molecular weight is 368 g/mol. The summed E-state index contributed by atoms with van der Waals surface area (Å²) >= 11 is 0. The molecule has 2 aromatic rings.